The van der Waals surface area contributed by atoms with Gasteiger partial charge in [0.25, 0.3) is 0 Å². The molecular formula is C22H23NO4. The Kier molecular flexibility index (Phi) is 6.74. The molecule has 0 aliphatic carbocycles. The first-order valence-electron chi connectivity index (χ1n) is 9.21. The predicted molar refractivity (Wildman–Crippen MR) is 102 cm³/mol. The van der Waals surface area contributed by atoms with Gasteiger partial charge in [-0.1, -0.05) is 42.5 Å². The van der Waals surface area contributed by atoms with Crippen LogP contribution in [-0.4, -0.2) is 30.1 Å². The number of benzene rings is 1. The lowest BCUT2D eigenvalue weighted by Crippen LogP contribution is -2.17. The summed E-state index contributed by atoms with van der Waals surface area (Å²) in [6.45, 7) is 0.528. The Morgan fingerprint density at radius 1 is 0.926 bits per heavy atom. The first-order chi connectivity index (χ1) is 13.2. The van der Waals surface area contributed by atoms with E-state index in [1.807, 2.05) is 54.7 Å². The Hall–Kier alpha value is -2.95. The van der Waals surface area contributed by atoms with Gasteiger partial charge in [-0.25, -0.2) is 0 Å². The Balaban J connectivity index is 1.75. The number of hydrogen-bond acceptors (Lipinski definition) is 5. The van der Waals surface area contributed by atoms with Gasteiger partial charge in [-0.3, -0.25) is 14.6 Å². The lowest BCUT2D eigenvalue weighted by molar-refractivity contribution is -0.147. The molecule has 2 aromatic rings. The number of rotatable bonds is 2. The van der Waals surface area contributed by atoms with Gasteiger partial charge < -0.3 is 9.47 Å². The van der Waals surface area contributed by atoms with Gasteiger partial charge in [0, 0.05) is 25.2 Å². The first-order valence-corrected chi connectivity index (χ1v) is 9.21. The molecule has 1 atom stereocenters. The molecule has 5 heteroatoms. The molecule has 0 radical (unpaired) electrons. The van der Waals surface area contributed by atoms with Crippen molar-refractivity contribution in [2.75, 3.05) is 13.2 Å². The zero-order valence-electron chi connectivity index (χ0n) is 15.2. The molecular weight excluding hydrogens is 342 g/mol. The van der Waals surface area contributed by atoms with E-state index in [1.165, 1.54) is 0 Å². The maximum absolute atomic E-state index is 12.6. The smallest absolute Gasteiger partial charge is 0.313 e. The van der Waals surface area contributed by atoms with Crippen LogP contribution >= 0.6 is 0 Å². The van der Waals surface area contributed by atoms with E-state index in [0.29, 0.717) is 25.7 Å². The highest BCUT2D eigenvalue weighted by atomic mass is 16.5. The number of esters is 2. The second-order valence-electron chi connectivity index (χ2n) is 6.40. The molecule has 5 nitrogen and oxygen atoms in total. The summed E-state index contributed by atoms with van der Waals surface area (Å²) in [5.74, 6) is -0.825. The number of carbonyl (C=O) groups excluding carboxylic acids is 2. The van der Waals surface area contributed by atoms with Crippen LogP contribution in [0.1, 0.15) is 37.2 Å². The number of aromatic nitrogens is 1. The zero-order chi connectivity index (χ0) is 18.9. The van der Waals surface area contributed by atoms with Crippen LogP contribution in [0.4, 0.5) is 0 Å². The molecule has 1 unspecified atom stereocenters. The number of nitrogens with zero attached hydrogens (tertiary/aromatic N) is 1. The minimum absolute atomic E-state index is 0.215. The van der Waals surface area contributed by atoms with E-state index in [9.17, 15) is 9.59 Å². The van der Waals surface area contributed by atoms with Gasteiger partial charge in [-0.2, -0.15) is 0 Å². The van der Waals surface area contributed by atoms with Gasteiger partial charge >= 0.3 is 11.9 Å². The van der Waals surface area contributed by atoms with Gasteiger partial charge in [0.2, 0.25) is 0 Å². The Labute approximate surface area is 159 Å². The van der Waals surface area contributed by atoms with E-state index in [4.69, 9.17) is 9.47 Å². The normalized spacial score (nSPS) is 20.4. The number of carbonyl (C=O) groups is 2. The van der Waals surface area contributed by atoms with Crippen molar-refractivity contribution in [3.63, 3.8) is 0 Å². The second-order valence-corrected chi connectivity index (χ2v) is 6.40. The third-order valence-electron chi connectivity index (χ3n) is 4.44. The van der Waals surface area contributed by atoms with Crippen molar-refractivity contribution < 1.29 is 19.1 Å². The lowest BCUT2D eigenvalue weighted by Gasteiger charge is -2.15. The van der Waals surface area contributed by atoms with Crippen molar-refractivity contribution in [2.45, 2.75) is 31.6 Å². The summed E-state index contributed by atoms with van der Waals surface area (Å²) < 4.78 is 10.5. The maximum Gasteiger partial charge on any atom is 0.313 e. The molecule has 2 heterocycles. The number of hydrogen-bond donors (Lipinski definition) is 0. The summed E-state index contributed by atoms with van der Waals surface area (Å²) in [6, 6.07) is 11.8. The van der Waals surface area contributed by atoms with Gasteiger partial charge in [0.05, 0.1) is 19.1 Å². The van der Waals surface area contributed by atoms with Crippen molar-refractivity contribution >= 4 is 11.9 Å². The Morgan fingerprint density at radius 2 is 1.74 bits per heavy atom. The van der Waals surface area contributed by atoms with E-state index in [2.05, 4.69) is 4.98 Å². The molecule has 140 valence electrons. The average Bonchev–Trinajstić information content (AvgIpc) is 2.72. The van der Waals surface area contributed by atoms with Gasteiger partial charge in [-0.15, -0.1) is 0 Å². The number of pyridine rings is 1. The van der Waals surface area contributed by atoms with Gasteiger partial charge in [-0.05, 0) is 35.6 Å². The zero-order valence-corrected chi connectivity index (χ0v) is 15.2. The molecule has 27 heavy (non-hydrogen) atoms. The van der Waals surface area contributed by atoms with E-state index >= 15 is 0 Å². The van der Waals surface area contributed by atoms with Crippen LogP contribution in [0, 0.1) is 0 Å². The highest BCUT2D eigenvalue weighted by molar-refractivity contribution is 5.79. The van der Waals surface area contributed by atoms with Crippen LogP contribution in [0.25, 0.3) is 11.1 Å². The molecule has 0 saturated heterocycles. The summed E-state index contributed by atoms with van der Waals surface area (Å²) >= 11 is 0. The van der Waals surface area contributed by atoms with Crippen LogP contribution < -0.4 is 0 Å². The topological polar surface area (TPSA) is 65.5 Å². The molecule has 1 aromatic heterocycles. The summed E-state index contributed by atoms with van der Waals surface area (Å²) in [4.78, 5) is 28.2. The standard InChI is InChI=1S/C22H23NO4/c24-21-8-3-1-2-7-20(22(25)27-15-5-14-26-21)18-11-9-17(10-12-18)19-6-4-13-23-16-19/h1-2,4,6,9-13,16,20H,3,5,7-8,14-15H2/b2-1+. The SMILES string of the molecule is O=C1CC/C=C/CC(c2ccc(-c3cccnc3)cc2)C(=O)OCCCO1. The molecule has 0 spiro atoms. The fourth-order valence-electron chi connectivity index (χ4n) is 2.95. The molecule has 0 amide bonds. The highest BCUT2D eigenvalue weighted by Crippen LogP contribution is 2.26. The van der Waals surface area contributed by atoms with Crippen LogP contribution in [0.15, 0.2) is 60.9 Å². The molecule has 0 N–H and O–H groups in total. The van der Waals surface area contributed by atoms with Crippen molar-refractivity contribution in [1.82, 2.24) is 4.98 Å². The molecule has 1 aromatic carbocycles. The number of allylic oxidation sites excluding steroid dienone is 2. The van der Waals surface area contributed by atoms with E-state index in [0.717, 1.165) is 16.7 Å². The molecule has 1 aliphatic heterocycles. The monoisotopic (exact) mass is 365 g/mol. The second kappa shape index (κ2) is 9.67. The fourth-order valence-corrected chi connectivity index (χ4v) is 2.95. The first kappa shape index (κ1) is 18.8. The van der Waals surface area contributed by atoms with Crippen LogP contribution in [-0.2, 0) is 19.1 Å². The molecule has 0 bridgehead atoms. The van der Waals surface area contributed by atoms with Crippen LogP contribution in [0.3, 0.4) is 0 Å². The minimum atomic E-state index is -0.360. The quantitative estimate of drug-likeness (QED) is 0.593. The summed E-state index contributed by atoms with van der Waals surface area (Å²) in [7, 11) is 0. The predicted octanol–water partition coefficient (Wildman–Crippen LogP) is 4.05. The summed E-state index contributed by atoms with van der Waals surface area (Å²) in [5, 5.41) is 0. The van der Waals surface area contributed by atoms with E-state index < -0.39 is 0 Å². The van der Waals surface area contributed by atoms with Crippen molar-refractivity contribution in [1.29, 1.82) is 0 Å². The average molecular weight is 365 g/mol. The molecule has 0 fully saturated rings. The van der Waals surface area contributed by atoms with Crippen molar-refractivity contribution in [2.24, 2.45) is 0 Å². The molecule has 0 saturated carbocycles. The fraction of sp³-hybridized carbons (Fsp3) is 0.318. The van der Waals surface area contributed by atoms with Gasteiger partial charge in [0.15, 0.2) is 0 Å². The minimum Gasteiger partial charge on any atom is -0.466 e. The van der Waals surface area contributed by atoms with E-state index in [-0.39, 0.29) is 31.1 Å². The Morgan fingerprint density at radius 3 is 2.52 bits per heavy atom. The summed E-state index contributed by atoms with van der Waals surface area (Å²) in [6.07, 6.45) is 9.43. The van der Waals surface area contributed by atoms with Crippen LogP contribution in [0.5, 0.6) is 0 Å². The largest absolute Gasteiger partial charge is 0.466 e. The third-order valence-corrected chi connectivity index (χ3v) is 4.44. The maximum atomic E-state index is 12.6. The molecule has 3 rings (SSSR count). The van der Waals surface area contributed by atoms with Gasteiger partial charge in [0.1, 0.15) is 0 Å². The number of ether oxygens (including phenoxy) is 2. The van der Waals surface area contributed by atoms with Crippen LogP contribution in [0.2, 0.25) is 0 Å². The highest BCUT2D eigenvalue weighted by Gasteiger charge is 2.21. The summed E-state index contributed by atoms with van der Waals surface area (Å²) in [5.41, 5.74) is 3.00. The van der Waals surface area contributed by atoms with Crippen molar-refractivity contribution in [3.05, 3.63) is 66.5 Å². The van der Waals surface area contributed by atoms with Crippen molar-refractivity contribution in [3.8, 4) is 11.1 Å². The third kappa shape index (κ3) is 5.51. The van der Waals surface area contributed by atoms with E-state index in [1.54, 1.807) is 6.20 Å². The Bertz CT molecular complexity index is 784. The lowest BCUT2D eigenvalue weighted by atomic mass is 9.93. The number of cyclic esters (lactones) is 2. The molecule has 1 aliphatic rings.